The highest BCUT2D eigenvalue weighted by Gasteiger charge is 2.25. The van der Waals surface area contributed by atoms with Crippen LogP contribution in [0.3, 0.4) is 0 Å². The number of hydrogen-bond donors (Lipinski definition) is 0. The summed E-state index contributed by atoms with van der Waals surface area (Å²) in [5.74, 6) is 0. The van der Waals surface area contributed by atoms with Crippen molar-refractivity contribution >= 4 is 34.1 Å². The maximum Gasteiger partial charge on any atom is 0.195 e. The highest BCUT2D eigenvalue weighted by Crippen LogP contribution is 2.29. The molecule has 152 valence electrons. The van der Waals surface area contributed by atoms with Gasteiger partial charge in [0.1, 0.15) is 5.69 Å². The van der Waals surface area contributed by atoms with Gasteiger partial charge < -0.3 is 0 Å². The smallest absolute Gasteiger partial charge is 0.195 e. The number of hydrazone groups is 1. The van der Waals surface area contributed by atoms with Crippen molar-refractivity contribution < 1.29 is 0 Å². The summed E-state index contributed by atoms with van der Waals surface area (Å²) in [6, 6.07) is 21.7. The molecule has 1 aliphatic rings. The van der Waals surface area contributed by atoms with Gasteiger partial charge in [0.2, 0.25) is 0 Å². The molecule has 1 aliphatic heterocycles. The Morgan fingerprint density at radius 3 is 2.20 bits per heavy atom. The van der Waals surface area contributed by atoms with E-state index in [9.17, 15) is 0 Å². The Morgan fingerprint density at radius 2 is 1.57 bits per heavy atom. The minimum atomic E-state index is 0.258. The van der Waals surface area contributed by atoms with Crippen LogP contribution in [-0.2, 0) is 0 Å². The molecule has 0 bridgehead atoms. The van der Waals surface area contributed by atoms with Gasteiger partial charge in [-0.2, -0.15) is 5.10 Å². The zero-order valence-corrected chi connectivity index (χ0v) is 18.0. The van der Waals surface area contributed by atoms with Crippen LogP contribution < -0.4 is 0 Å². The summed E-state index contributed by atoms with van der Waals surface area (Å²) in [5, 5.41) is 9.31. The lowest BCUT2D eigenvalue weighted by atomic mass is 9.96. The summed E-state index contributed by atoms with van der Waals surface area (Å²) in [5.41, 5.74) is 3.49. The van der Waals surface area contributed by atoms with Gasteiger partial charge in [-0.05, 0) is 11.1 Å². The molecule has 4 aromatic rings. The molecular weight excluding hydrogens is 414 g/mol. The van der Waals surface area contributed by atoms with Gasteiger partial charge in [0, 0.05) is 37.8 Å². The number of hydrogen-bond acceptors (Lipinski definition) is 5. The minimum Gasteiger partial charge on any atom is -0.294 e. The van der Waals surface area contributed by atoms with E-state index in [1.165, 1.54) is 11.1 Å². The predicted molar refractivity (Wildman–Crippen MR) is 124 cm³/mol. The molecule has 0 N–H and O–H groups in total. The molecule has 3 heterocycles. The van der Waals surface area contributed by atoms with Crippen molar-refractivity contribution in [2.75, 3.05) is 26.2 Å². The summed E-state index contributed by atoms with van der Waals surface area (Å²) in [4.78, 5) is 7.80. The number of benzene rings is 2. The van der Waals surface area contributed by atoms with E-state index in [4.69, 9.17) is 16.7 Å². The second-order valence-corrected chi connectivity index (χ2v) is 8.53. The Bertz CT molecular complexity index is 1090. The molecule has 0 radical (unpaired) electrons. The molecule has 7 heteroatoms. The quantitative estimate of drug-likeness (QED) is 0.423. The van der Waals surface area contributed by atoms with E-state index in [0.717, 1.165) is 36.8 Å². The van der Waals surface area contributed by atoms with Crippen LogP contribution in [0.15, 0.2) is 77.3 Å². The second-order valence-electron chi connectivity index (χ2n) is 7.30. The topological polar surface area (TPSA) is 36.1 Å². The Labute approximate surface area is 184 Å². The molecule has 0 atom stereocenters. The van der Waals surface area contributed by atoms with Gasteiger partial charge in [0.25, 0.3) is 0 Å². The monoisotopic (exact) mass is 435 g/mol. The molecule has 5 rings (SSSR count). The fourth-order valence-corrected chi connectivity index (χ4v) is 4.99. The maximum atomic E-state index is 6.28. The highest BCUT2D eigenvalue weighted by atomic mass is 35.5. The molecular formula is C23H22ClN5S. The van der Waals surface area contributed by atoms with Crippen molar-refractivity contribution in [3.63, 3.8) is 0 Å². The third kappa shape index (κ3) is 3.86. The fourth-order valence-electron chi connectivity index (χ4n) is 4.00. The number of nitrogens with zero attached hydrogens (tertiary/aromatic N) is 5. The van der Waals surface area contributed by atoms with Crippen molar-refractivity contribution in [1.82, 2.24) is 19.3 Å². The lowest BCUT2D eigenvalue weighted by molar-refractivity contribution is 0.113. The van der Waals surface area contributed by atoms with Crippen LogP contribution in [0.5, 0.6) is 0 Å². The molecule has 5 nitrogen and oxygen atoms in total. The molecule has 0 spiro atoms. The van der Waals surface area contributed by atoms with Crippen LogP contribution in [0.4, 0.5) is 0 Å². The summed E-state index contributed by atoms with van der Waals surface area (Å²) in [6.45, 7) is 3.63. The van der Waals surface area contributed by atoms with Gasteiger partial charge in [-0.3, -0.25) is 14.3 Å². The Balaban J connectivity index is 1.31. The summed E-state index contributed by atoms with van der Waals surface area (Å²) in [7, 11) is 0. The van der Waals surface area contributed by atoms with Gasteiger partial charge in [-0.25, -0.2) is 4.98 Å². The molecule has 1 saturated heterocycles. The Morgan fingerprint density at radius 1 is 0.933 bits per heavy atom. The first kappa shape index (κ1) is 19.3. The number of thiazole rings is 1. The number of rotatable bonds is 5. The van der Waals surface area contributed by atoms with Gasteiger partial charge in [-0.15, -0.1) is 11.3 Å². The van der Waals surface area contributed by atoms with E-state index in [2.05, 4.69) is 75.6 Å². The van der Waals surface area contributed by atoms with Crippen molar-refractivity contribution in [3.05, 3.63) is 94.2 Å². The van der Waals surface area contributed by atoms with Gasteiger partial charge in [0.15, 0.2) is 10.1 Å². The van der Waals surface area contributed by atoms with E-state index in [1.807, 2.05) is 22.2 Å². The standard InChI is InChI=1S/C23H22ClN5S/c24-22-20(29-15-16-30-23(29)26-22)17-25-28-13-11-27(12-14-28)21(18-7-3-1-4-8-18)19-9-5-2-6-10-19/h1-10,15-17,21H,11-14H2/b25-17-. The van der Waals surface area contributed by atoms with Gasteiger partial charge in [0.05, 0.1) is 12.3 Å². The van der Waals surface area contributed by atoms with Crippen LogP contribution >= 0.6 is 22.9 Å². The van der Waals surface area contributed by atoms with Crippen LogP contribution in [0, 0.1) is 0 Å². The number of aromatic nitrogens is 2. The third-order valence-electron chi connectivity index (χ3n) is 5.48. The van der Waals surface area contributed by atoms with Crippen LogP contribution in [0.25, 0.3) is 4.96 Å². The molecule has 1 fully saturated rings. The average molecular weight is 436 g/mol. The van der Waals surface area contributed by atoms with Gasteiger partial charge >= 0.3 is 0 Å². The van der Waals surface area contributed by atoms with Crippen molar-refractivity contribution in [1.29, 1.82) is 0 Å². The number of halogens is 1. The fraction of sp³-hybridized carbons (Fsp3) is 0.217. The van der Waals surface area contributed by atoms with Crippen LogP contribution in [0.1, 0.15) is 22.9 Å². The SMILES string of the molecule is Clc1nc2sccn2c1/C=N\N1CCN(C(c2ccccc2)c2ccccc2)CC1. The molecule has 0 amide bonds. The lowest BCUT2D eigenvalue weighted by Gasteiger charge is -2.38. The number of fused-ring (bicyclic) bond motifs is 1. The summed E-state index contributed by atoms with van der Waals surface area (Å²) >= 11 is 7.85. The molecule has 0 aliphatic carbocycles. The van der Waals surface area contributed by atoms with Crippen LogP contribution in [-0.4, -0.2) is 51.7 Å². The second kappa shape index (κ2) is 8.60. The average Bonchev–Trinajstić information content (AvgIpc) is 3.36. The molecule has 30 heavy (non-hydrogen) atoms. The molecule has 0 saturated carbocycles. The van der Waals surface area contributed by atoms with E-state index < -0.39 is 0 Å². The van der Waals surface area contributed by atoms with Crippen LogP contribution in [0.2, 0.25) is 5.15 Å². The lowest BCUT2D eigenvalue weighted by Crippen LogP contribution is -2.45. The Hall–Kier alpha value is -2.67. The summed E-state index contributed by atoms with van der Waals surface area (Å²) < 4.78 is 1.98. The highest BCUT2D eigenvalue weighted by molar-refractivity contribution is 7.15. The van der Waals surface area contributed by atoms with E-state index in [0.29, 0.717) is 5.15 Å². The first-order valence-electron chi connectivity index (χ1n) is 10.0. The maximum absolute atomic E-state index is 6.28. The zero-order valence-electron chi connectivity index (χ0n) is 16.4. The van der Waals surface area contributed by atoms with Gasteiger partial charge in [-0.1, -0.05) is 72.3 Å². The summed E-state index contributed by atoms with van der Waals surface area (Å²) in [6.07, 6.45) is 3.80. The van der Waals surface area contributed by atoms with Crippen molar-refractivity contribution in [2.24, 2.45) is 5.10 Å². The normalized spacial score (nSPS) is 15.6. The number of imidazole rings is 1. The van der Waals surface area contributed by atoms with Crippen molar-refractivity contribution in [2.45, 2.75) is 6.04 Å². The molecule has 2 aromatic carbocycles. The molecule has 0 unspecified atom stereocenters. The zero-order chi connectivity index (χ0) is 20.3. The first-order chi connectivity index (χ1) is 14.8. The molecule has 2 aromatic heterocycles. The Kier molecular flexibility index (Phi) is 5.53. The third-order valence-corrected chi connectivity index (χ3v) is 6.52. The van der Waals surface area contributed by atoms with E-state index >= 15 is 0 Å². The van der Waals surface area contributed by atoms with E-state index in [-0.39, 0.29) is 6.04 Å². The van der Waals surface area contributed by atoms with Crippen molar-refractivity contribution in [3.8, 4) is 0 Å². The predicted octanol–water partition coefficient (Wildman–Crippen LogP) is 4.79. The minimum absolute atomic E-state index is 0.258. The first-order valence-corrected chi connectivity index (χ1v) is 11.3. The largest absolute Gasteiger partial charge is 0.294 e. The van der Waals surface area contributed by atoms with E-state index in [1.54, 1.807) is 11.3 Å². The number of piperazine rings is 1.